The fraction of sp³-hybridized carbons (Fsp3) is 0.421. The molecule has 1 saturated carbocycles. The zero-order chi connectivity index (χ0) is 18.0. The van der Waals surface area contributed by atoms with Crippen molar-refractivity contribution >= 4 is 5.91 Å². The highest BCUT2D eigenvalue weighted by atomic mass is 16.3. The van der Waals surface area contributed by atoms with Gasteiger partial charge in [0.15, 0.2) is 0 Å². The van der Waals surface area contributed by atoms with Crippen LogP contribution < -0.4 is 5.56 Å². The number of amides is 1. The van der Waals surface area contributed by atoms with Crippen molar-refractivity contribution in [2.75, 3.05) is 0 Å². The molecule has 0 aliphatic heterocycles. The Morgan fingerprint density at radius 1 is 1.44 bits per heavy atom. The molecular formula is C19H21N3O3. The summed E-state index contributed by atoms with van der Waals surface area (Å²) in [7, 11) is 0. The molecule has 0 atom stereocenters. The monoisotopic (exact) mass is 339 g/mol. The van der Waals surface area contributed by atoms with Gasteiger partial charge in [-0.3, -0.25) is 9.59 Å². The summed E-state index contributed by atoms with van der Waals surface area (Å²) in [5.41, 5.74) is 2.02. The highest BCUT2D eigenvalue weighted by Crippen LogP contribution is 2.29. The minimum atomic E-state index is -0.370. The van der Waals surface area contributed by atoms with Gasteiger partial charge in [0, 0.05) is 18.2 Å². The second-order valence-corrected chi connectivity index (χ2v) is 6.50. The van der Waals surface area contributed by atoms with Crippen LogP contribution in [-0.4, -0.2) is 21.8 Å². The molecule has 0 unspecified atom stereocenters. The number of pyridine rings is 1. The van der Waals surface area contributed by atoms with Crippen molar-refractivity contribution in [1.82, 2.24) is 9.88 Å². The third kappa shape index (κ3) is 3.66. The molecule has 6 nitrogen and oxygen atoms in total. The quantitative estimate of drug-likeness (QED) is 0.876. The summed E-state index contributed by atoms with van der Waals surface area (Å²) in [6, 6.07) is 5.94. The molecule has 25 heavy (non-hydrogen) atoms. The van der Waals surface area contributed by atoms with Crippen LogP contribution in [0, 0.1) is 25.2 Å². The molecule has 6 heteroatoms. The first-order chi connectivity index (χ1) is 12.0. The number of carbonyl (C=O) groups is 1. The summed E-state index contributed by atoms with van der Waals surface area (Å²) < 4.78 is 5.37. The summed E-state index contributed by atoms with van der Waals surface area (Å²) in [5, 5.41) is 9.15. The number of nitrogens with zero attached hydrogens (tertiary/aromatic N) is 2. The van der Waals surface area contributed by atoms with Crippen LogP contribution in [0.2, 0.25) is 0 Å². The number of hydrogen-bond acceptors (Lipinski definition) is 4. The third-order valence-corrected chi connectivity index (χ3v) is 4.72. The van der Waals surface area contributed by atoms with E-state index >= 15 is 0 Å². The number of rotatable bonds is 6. The van der Waals surface area contributed by atoms with E-state index in [1.807, 2.05) is 23.1 Å². The molecule has 2 aromatic heterocycles. The van der Waals surface area contributed by atoms with Crippen LogP contribution in [-0.2, 0) is 17.8 Å². The zero-order valence-electron chi connectivity index (χ0n) is 14.5. The molecule has 1 amide bonds. The molecule has 0 bridgehead atoms. The van der Waals surface area contributed by atoms with Gasteiger partial charge in [0.25, 0.3) is 5.56 Å². The van der Waals surface area contributed by atoms with Crippen LogP contribution >= 0.6 is 0 Å². The van der Waals surface area contributed by atoms with E-state index in [4.69, 9.17) is 9.68 Å². The van der Waals surface area contributed by atoms with E-state index in [-0.39, 0.29) is 17.0 Å². The molecule has 1 aliphatic rings. The molecule has 0 aromatic carbocycles. The number of aromatic nitrogens is 1. The van der Waals surface area contributed by atoms with Gasteiger partial charge in [-0.05, 0) is 56.4 Å². The van der Waals surface area contributed by atoms with E-state index in [0.29, 0.717) is 31.0 Å². The SMILES string of the molecule is Cc1[nH]c(=O)c(C#N)c(C)c1CCC(=O)N(Cc1ccco1)C1CC1. The number of nitrogens with one attached hydrogen (secondary N) is 1. The van der Waals surface area contributed by atoms with Crippen molar-refractivity contribution < 1.29 is 9.21 Å². The lowest BCUT2D eigenvalue weighted by atomic mass is 9.99. The standard InChI is InChI=1S/C19H21N3O3/c1-12-16(13(2)21-19(24)17(12)10-20)7-8-18(23)22(14-5-6-14)11-15-4-3-9-25-15/h3-4,9,14H,5-8,11H2,1-2H3,(H,21,24). The minimum Gasteiger partial charge on any atom is -0.467 e. The Labute approximate surface area is 146 Å². The Kier molecular flexibility index (Phi) is 4.75. The van der Waals surface area contributed by atoms with Crippen molar-refractivity contribution in [3.63, 3.8) is 0 Å². The topological polar surface area (TPSA) is 90.1 Å². The Bertz CT molecular complexity index is 871. The van der Waals surface area contributed by atoms with Crippen LogP contribution in [0.5, 0.6) is 0 Å². The summed E-state index contributed by atoms with van der Waals surface area (Å²) >= 11 is 0. The van der Waals surface area contributed by atoms with Crippen LogP contribution in [0.25, 0.3) is 0 Å². The Morgan fingerprint density at radius 2 is 2.20 bits per heavy atom. The number of nitriles is 1. The number of H-pyrrole nitrogens is 1. The number of carbonyl (C=O) groups excluding carboxylic acids is 1. The van der Waals surface area contributed by atoms with Crippen molar-refractivity contribution in [3.05, 3.63) is 56.9 Å². The van der Waals surface area contributed by atoms with E-state index in [2.05, 4.69) is 4.98 Å². The highest BCUT2D eigenvalue weighted by molar-refractivity contribution is 5.77. The predicted octanol–water partition coefficient (Wildman–Crippen LogP) is 2.58. The van der Waals surface area contributed by atoms with Gasteiger partial charge in [0.05, 0.1) is 12.8 Å². The lowest BCUT2D eigenvalue weighted by Gasteiger charge is -2.22. The third-order valence-electron chi connectivity index (χ3n) is 4.72. The zero-order valence-corrected chi connectivity index (χ0v) is 14.5. The fourth-order valence-electron chi connectivity index (χ4n) is 3.17. The number of aromatic amines is 1. The van der Waals surface area contributed by atoms with Crippen molar-refractivity contribution in [2.45, 2.75) is 52.1 Å². The van der Waals surface area contributed by atoms with Crippen molar-refractivity contribution in [3.8, 4) is 6.07 Å². The Balaban J connectivity index is 1.73. The molecule has 2 aromatic rings. The first-order valence-electron chi connectivity index (χ1n) is 8.45. The van der Waals surface area contributed by atoms with Gasteiger partial charge in [-0.1, -0.05) is 0 Å². The first-order valence-corrected chi connectivity index (χ1v) is 8.45. The highest BCUT2D eigenvalue weighted by Gasteiger charge is 2.32. The van der Waals surface area contributed by atoms with Gasteiger partial charge < -0.3 is 14.3 Å². The number of aryl methyl sites for hydroxylation is 1. The van der Waals surface area contributed by atoms with E-state index in [1.54, 1.807) is 20.1 Å². The molecule has 3 rings (SSSR count). The molecule has 1 aliphatic carbocycles. The molecule has 130 valence electrons. The maximum Gasteiger partial charge on any atom is 0.266 e. The molecule has 1 fully saturated rings. The maximum absolute atomic E-state index is 12.7. The van der Waals surface area contributed by atoms with Crippen LogP contribution in [0.1, 0.15) is 47.4 Å². The molecule has 0 radical (unpaired) electrons. The fourth-order valence-corrected chi connectivity index (χ4v) is 3.17. The summed E-state index contributed by atoms with van der Waals surface area (Å²) in [6.07, 6.45) is 4.52. The van der Waals surface area contributed by atoms with Crippen LogP contribution in [0.15, 0.2) is 27.6 Å². The van der Waals surface area contributed by atoms with Gasteiger partial charge in [-0.15, -0.1) is 0 Å². The Hall–Kier alpha value is -2.81. The minimum absolute atomic E-state index is 0.0717. The summed E-state index contributed by atoms with van der Waals surface area (Å²) in [6.45, 7) is 4.06. The van der Waals surface area contributed by atoms with Crippen molar-refractivity contribution in [2.24, 2.45) is 0 Å². The second-order valence-electron chi connectivity index (χ2n) is 6.50. The van der Waals surface area contributed by atoms with Crippen molar-refractivity contribution in [1.29, 1.82) is 5.26 Å². The normalized spacial score (nSPS) is 13.5. The average Bonchev–Trinajstić information content (AvgIpc) is 3.28. The largest absolute Gasteiger partial charge is 0.467 e. The van der Waals surface area contributed by atoms with E-state index in [9.17, 15) is 9.59 Å². The lowest BCUT2D eigenvalue weighted by molar-refractivity contribution is -0.132. The second kappa shape index (κ2) is 6.98. The molecule has 0 saturated heterocycles. The average molecular weight is 339 g/mol. The first kappa shape index (κ1) is 17.0. The van der Waals surface area contributed by atoms with Gasteiger partial charge in [-0.2, -0.15) is 5.26 Å². The van der Waals surface area contributed by atoms with Gasteiger partial charge >= 0.3 is 0 Å². The molecule has 0 spiro atoms. The van der Waals surface area contributed by atoms with Crippen LogP contribution in [0.4, 0.5) is 0 Å². The number of hydrogen-bond donors (Lipinski definition) is 1. The number of furan rings is 1. The van der Waals surface area contributed by atoms with E-state index in [0.717, 1.165) is 29.9 Å². The lowest BCUT2D eigenvalue weighted by Crippen LogP contribution is -2.32. The maximum atomic E-state index is 12.7. The molecular weight excluding hydrogens is 318 g/mol. The Morgan fingerprint density at radius 3 is 2.80 bits per heavy atom. The summed E-state index contributed by atoms with van der Waals surface area (Å²) in [5.74, 6) is 0.853. The summed E-state index contributed by atoms with van der Waals surface area (Å²) in [4.78, 5) is 29.1. The van der Waals surface area contributed by atoms with Gasteiger partial charge in [-0.25, -0.2) is 0 Å². The predicted molar refractivity (Wildman–Crippen MR) is 91.9 cm³/mol. The van der Waals surface area contributed by atoms with Gasteiger partial charge in [0.1, 0.15) is 17.4 Å². The van der Waals surface area contributed by atoms with Gasteiger partial charge in [0.2, 0.25) is 5.91 Å². The van der Waals surface area contributed by atoms with E-state index < -0.39 is 0 Å². The smallest absolute Gasteiger partial charge is 0.266 e. The molecule has 2 heterocycles. The van der Waals surface area contributed by atoms with E-state index in [1.165, 1.54) is 0 Å². The van der Waals surface area contributed by atoms with Crippen LogP contribution in [0.3, 0.4) is 0 Å². The molecule has 1 N–H and O–H groups in total.